The van der Waals surface area contributed by atoms with Crippen molar-refractivity contribution >= 4 is 41.2 Å². The first-order valence-electron chi connectivity index (χ1n) is 7.75. The van der Waals surface area contributed by atoms with E-state index in [-0.39, 0.29) is 18.3 Å². The highest BCUT2D eigenvalue weighted by molar-refractivity contribution is 7.80. The van der Waals surface area contributed by atoms with Crippen LogP contribution in [0.5, 0.6) is 0 Å². The van der Waals surface area contributed by atoms with Crippen molar-refractivity contribution in [2.45, 2.75) is 26.8 Å². The molecule has 1 heterocycles. The third-order valence-corrected chi connectivity index (χ3v) is 3.93. The molecule has 134 valence electrons. The van der Waals surface area contributed by atoms with Crippen molar-refractivity contribution < 1.29 is 18.7 Å². The van der Waals surface area contributed by atoms with Crippen LogP contribution in [0.25, 0.3) is 11.0 Å². The minimum atomic E-state index is -0.888. The number of thiol groups is 1. The molecule has 0 bridgehead atoms. The van der Waals surface area contributed by atoms with Crippen molar-refractivity contribution in [2.75, 3.05) is 17.8 Å². The van der Waals surface area contributed by atoms with Crippen LogP contribution in [-0.2, 0) is 14.3 Å². The van der Waals surface area contributed by atoms with Gasteiger partial charge in [-0.15, -0.1) is 0 Å². The molecule has 25 heavy (non-hydrogen) atoms. The molecule has 0 unspecified atom stereocenters. The Morgan fingerprint density at radius 3 is 2.68 bits per heavy atom. The number of amides is 1. The Hall–Kier alpha value is -2.48. The molecule has 1 amide bonds. The van der Waals surface area contributed by atoms with Crippen LogP contribution in [0.4, 0.5) is 5.69 Å². The van der Waals surface area contributed by atoms with Crippen molar-refractivity contribution in [1.82, 2.24) is 5.01 Å². The fraction of sp³-hybridized carbons (Fsp3) is 0.353. The SMILES string of the molecule is CCOC(=O)[C@H](CS)N(Nc1ccc2c(C)cc(=O)oc2c1)C(C)=O. The van der Waals surface area contributed by atoms with Gasteiger partial charge in [-0.2, -0.15) is 12.6 Å². The summed E-state index contributed by atoms with van der Waals surface area (Å²) in [6, 6.07) is 5.62. The van der Waals surface area contributed by atoms with Gasteiger partial charge in [0.25, 0.3) is 0 Å². The number of anilines is 1. The average Bonchev–Trinajstić information content (AvgIpc) is 2.54. The molecule has 1 atom stereocenters. The Bertz CT molecular complexity index is 849. The Morgan fingerprint density at radius 2 is 2.08 bits per heavy atom. The number of aryl methyl sites for hydroxylation is 1. The zero-order valence-electron chi connectivity index (χ0n) is 14.2. The summed E-state index contributed by atoms with van der Waals surface area (Å²) in [7, 11) is 0. The first-order chi connectivity index (χ1) is 11.9. The number of hydrogen-bond donors (Lipinski definition) is 2. The zero-order chi connectivity index (χ0) is 18.6. The molecule has 0 aliphatic rings. The standard InChI is InChI=1S/C17H20N2O5S/c1-4-23-17(22)14(9-25)19(11(3)20)18-12-5-6-13-10(2)7-16(21)24-15(13)8-12/h5-8,14,18,25H,4,9H2,1-3H3/t14-/m0/s1. The summed E-state index contributed by atoms with van der Waals surface area (Å²) in [6.07, 6.45) is 0. The first kappa shape index (κ1) is 18.9. The Labute approximate surface area is 150 Å². The van der Waals surface area contributed by atoms with E-state index in [1.807, 2.05) is 6.92 Å². The lowest BCUT2D eigenvalue weighted by Crippen LogP contribution is -2.49. The number of esters is 1. The predicted molar refractivity (Wildman–Crippen MR) is 97.6 cm³/mol. The van der Waals surface area contributed by atoms with E-state index in [4.69, 9.17) is 9.15 Å². The lowest BCUT2D eigenvalue weighted by molar-refractivity contribution is -0.152. The van der Waals surface area contributed by atoms with E-state index in [1.165, 1.54) is 13.0 Å². The highest BCUT2D eigenvalue weighted by Gasteiger charge is 2.28. The highest BCUT2D eigenvalue weighted by Crippen LogP contribution is 2.22. The molecule has 2 rings (SSSR count). The summed E-state index contributed by atoms with van der Waals surface area (Å²) in [4.78, 5) is 35.6. The molecule has 2 aromatic rings. The fourth-order valence-corrected chi connectivity index (χ4v) is 2.72. The molecule has 0 fully saturated rings. The third kappa shape index (κ3) is 4.33. The van der Waals surface area contributed by atoms with E-state index < -0.39 is 17.6 Å². The molecule has 0 aliphatic heterocycles. The zero-order valence-corrected chi connectivity index (χ0v) is 15.1. The van der Waals surface area contributed by atoms with Gasteiger partial charge in [-0.05, 0) is 31.5 Å². The average molecular weight is 364 g/mol. The van der Waals surface area contributed by atoms with Crippen LogP contribution < -0.4 is 11.1 Å². The number of nitrogens with zero attached hydrogens (tertiary/aromatic N) is 1. The summed E-state index contributed by atoms with van der Waals surface area (Å²) in [5, 5.41) is 1.94. The number of rotatable bonds is 6. The number of ether oxygens (including phenoxy) is 1. The predicted octanol–water partition coefficient (Wildman–Crippen LogP) is 2.14. The van der Waals surface area contributed by atoms with Gasteiger partial charge in [0.2, 0.25) is 5.91 Å². The summed E-state index contributed by atoms with van der Waals surface area (Å²) in [5.74, 6) is -0.839. The van der Waals surface area contributed by atoms with Gasteiger partial charge in [0.15, 0.2) is 6.04 Å². The Kier molecular flexibility index (Phi) is 6.08. The van der Waals surface area contributed by atoms with Gasteiger partial charge >= 0.3 is 11.6 Å². The molecular weight excluding hydrogens is 344 g/mol. The number of hydrogen-bond acceptors (Lipinski definition) is 7. The quantitative estimate of drug-likeness (QED) is 0.353. The monoisotopic (exact) mass is 364 g/mol. The highest BCUT2D eigenvalue weighted by atomic mass is 32.1. The maximum atomic E-state index is 12.0. The van der Waals surface area contributed by atoms with E-state index in [0.717, 1.165) is 16.0 Å². The van der Waals surface area contributed by atoms with Crippen molar-refractivity contribution in [3.63, 3.8) is 0 Å². The van der Waals surface area contributed by atoms with Gasteiger partial charge in [0.1, 0.15) is 5.58 Å². The topological polar surface area (TPSA) is 88.8 Å². The second-order valence-corrected chi connectivity index (χ2v) is 5.78. The molecule has 7 nitrogen and oxygen atoms in total. The van der Waals surface area contributed by atoms with E-state index >= 15 is 0 Å². The molecule has 0 aliphatic carbocycles. The summed E-state index contributed by atoms with van der Waals surface area (Å²) >= 11 is 4.14. The number of carbonyl (C=O) groups excluding carboxylic acids is 2. The Balaban J connectivity index is 2.36. The van der Waals surface area contributed by atoms with Crippen LogP contribution in [0.2, 0.25) is 0 Å². The van der Waals surface area contributed by atoms with Gasteiger partial charge in [-0.25, -0.2) is 14.6 Å². The molecule has 0 saturated heterocycles. The van der Waals surface area contributed by atoms with Crippen molar-refractivity contribution in [3.8, 4) is 0 Å². The van der Waals surface area contributed by atoms with Crippen molar-refractivity contribution in [3.05, 3.63) is 40.2 Å². The Morgan fingerprint density at radius 1 is 1.36 bits per heavy atom. The molecular formula is C17H20N2O5S. The minimum absolute atomic E-state index is 0.0905. The van der Waals surface area contributed by atoms with Crippen LogP contribution in [0.3, 0.4) is 0 Å². The van der Waals surface area contributed by atoms with E-state index in [0.29, 0.717) is 11.3 Å². The van der Waals surface area contributed by atoms with Gasteiger partial charge in [-0.1, -0.05) is 0 Å². The van der Waals surface area contributed by atoms with Gasteiger partial charge in [-0.3, -0.25) is 10.2 Å². The van der Waals surface area contributed by atoms with Crippen LogP contribution in [-0.4, -0.2) is 35.3 Å². The number of hydrazine groups is 1. The molecule has 1 N–H and O–H groups in total. The summed E-state index contributed by atoms with van der Waals surface area (Å²) in [5.41, 5.74) is 4.09. The smallest absolute Gasteiger partial charge is 0.336 e. The molecule has 0 saturated carbocycles. The summed E-state index contributed by atoms with van der Waals surface area (Å²) < 4.78 is 10.2. The van der Waals surface area contributed by atoms with Crippen LogP contribution >= 0.6 is 12.6 Å². The number of nitrogens with one attached hydrogen (secondary N) is 1. The molecule has 0 spiro atoms. The van der Waals surface area contributed by atoms with Crippen LogP contribution in [0.1, 0.15) is 19.4 Å². The van der Waals surface area contributed by atoms with E-state index in [1.54, 1.807) is 25.1 Å². The van der Waals surface area contributed by atoms with Gasteiger partial charge < -0.3 is 9.15 Å². The van der Waals surface area contributed by atoms with Crippen molar-refractivity contribution in [2.24, 2.45) is 0 Å². The second-order valence-electron chi connectivity index (χ2n) is 5.41. The maximum Gasteiger partial charge on any atom is 0.336 e. The number of fused-ring (bicyclic) bond motifs is 1. The molecule has 8 heteroatoms. The minimum Gasteiger partial charge on any atom is -0.464 e. The first-order valence-corrected chi connectivity index (χ1v) is 8.39. The van der Waals surface area contributed by atoms with E-state index in [2.05, 4.69) is 18.1 Å². The number of carbonyl (C=O) groups is 2. The summed E-state index contributed by atoms with van der Waals surface area (Å²) in [6.45, 7) is 5.03. The number of benzene rings is 1. The fourth-order valence-electron chi connectivity index (χ4n) is 2.41. The van der Waals surface area contributed by atoms with Crippen LogP contribution in [0.15, 0.2) is 33.5 Å². The lowest BCUT2D eigenvalue weighted by Gasteiger charge is -2.29. The molecule has 1 aromatic carbocycles. The largest absolute Gasteiger partial charge is 0.464 e. The van der Waals surface area contributed by atoms with Gasteiger partial charge in [0.05, 0.1) is 12.3 Å². The molecule has 0 radical (unpaired) electrons. The maximum absolute atomic E-state index is 12.0. The molecule has 1 aromatic heterocycles. The lowest BCUT2D eigenvalue weighted by atomic mass is 10.1. The van der Waals surface area contributed by atoms with Crippen molar-refractivity contribution in [1.29, 1.82) is 0 Å². The van der Waals surface area contributed by atoms with Gasteiger partial charge in [0, 0.05) is 30.2 Å². The van der Waals surface area contributed by atoms with Crippen LogP contribution in [0, 0.1) is 6.92 Å². The van der Waals surface area contributed by atoms with E-state index in [9.17, 15) is 14.4 Å². The normalized spacial score (nSPS) is 11.8. The third-order valence-electron chi connectivity index (χ3n) is 3.58. The second kappa shape index (κ2) is 8.06.